The van der Waals surface area contributed by atoms with Crippen molar-refractivity contribution in [2.45, 2.75) is 26.3 Å². The van der Waals surface area contributed by atoms with E-state index < -0.39 is 0 Å². The van der Waals surface area contributed by atoms with Crippen molar-refractivity contribution >= 4 is 28.4 Å². The number of halogens is 1. The third kappa shape index (κ3) is 3.43. The molecule has 5 rings (SSSR count). The zero-order chi connectivity index (χ0) is 21.5. The SMILES string of the molecule is CC(C)CCN1C(=O)c2ccccc2[C@@H]1c1c(-c2ccc(Cl)cc2)[nH]c2ccccc12. The van der Waals surface area contributed by atoms with Gasteiger partial charge in [0.2, 0.25) is 0 Å². The van der Waals surface area contributed by atoms with Crippen LogP contribution in [0.1, 0.15) is 47.8 Å². The first-order valence-electron chi connectivity index (χ1n) is 10.8. The maximum absolute atomic E-state index is 13.4. The molecule has 1 N–H and O–H groups in total. The Labute approximate surface area is 187 Å². The van der Waals surface area contributed by atoms with E-state index in [-0.39, 0.29) is 11.9 Å². The Morgan fingerprint density at radius 2 is 1.68 bits per heavy atom. The Hall–Kier alpha value is -3.04. The van der Waals surface area contributed by atoms with Gasteiger partial charge in [-0.1, -0.05) is 74.0 Å². The van der Waals surface area contributed by atoms with Crippen LogP contribution in [0.5, 0.6) is 0 Å². The first kappa shape index (κ1) is 19.9. The second kappa shape index (κ2) is 7.90. The zero-order valence-corrected chi connectivity index (χ0v) is 18.5. The van der Waals surface area contributed by atoms with Gasteiger partial charge in [-0.05, 0) is 47.7 Å². The van der Waals surface area contributed by atoms with Crippen molar-refractivity contribution in [3.05, 3.63) is 94.5 Å². The summed E-state index contributed by atoms with van der Waals surface area (Å²) < 4.78 is 0. The maximum atomic E-state index is 13.4. The summed E-state index contributed by atoms with van der Waals surface area (Å²) in [6.07, 6.45) is 0.967. The number of fused-ring (bicyclic) bond motifs is 2. The lowest BCUT2D eigenvalue weighted by molar-refractivity contribution is 0.0743. The molecule has 3 nitrogen and oxygen atoms in total. The molecule has 2 heterocycles. The molecule has 0 saturated carbocycles. The van der Waals surface area contributed by atoms with Gasteiger partial charge in [0.15, 0.2) is 0 Å². The fourth-order valence-electron chi connectivity index (χ4n) is 4.60. The number of carbonyl (C=O) groups is 1. The number of H-pyrrole nitrogens is 1. The zero-order valence-electron chi connectivity index (χ0n) is 17.7. The van der Waals surface area contributed by atoms with E-state index >= 15 is 0 Å². The molecule has 0 radical (unpaired) electrons. The Morgan fingerprint density at radius 3 is 2.45 bits per heavy atom. The topological polar surface area (TPSA) is 36.1 Å². The summed E-state index contributed by atoms with van der Waals surface area (Å²) >= 11 is 6.16. The monoisotopic (exact) mass is 428 g/mol. The van der Waals surface area contributed by atoms with Crippen LogP contribution in [-0.2, 0) is 0 Å². The number of aromatic nitrogens is 1. The lowest BCUT2D eigenvalue weighted by Crippen LogP contribution is -2.30. The summed E-state index contributed by atoms with van der Waals surface area (Å²) in [5, 5.41) is 1.86. The summed E-state index contributed by atoms with van der Waals surface area (Å²) in [7, 11) is 0. The molecule has 1 atom stereocenters. The number of hydrogen-bond acceptors (Lipinski definition) is 1. The largest absolute Gasteiger partial charge is 0.354 e. The quantitative estimate of drug-likeness (QED) is 0.362. The van der Waals surface area contributed by atoms with E-state index in [2.05, 4.69) is 48.0 Å². The predicted octanol–water partition coefficient (Wildman–Crippen LogP) is 7.08. The number of hydrogen-bond donors (Lipinski definition) is 1. The number of benzene rings is 3. The van der Waals surface area contributed by atoms with Crippen molar-refractivity contribution < 1.29 is 4.79 Å². The standard InChI is InChI=1S/C27H25ClN2O/c1-17(2)15-16-30-26(20-7-3-4-8-21(20)27(30)31)24-22-9-5-6-10-23(22)29-25(24)18-11-13-19(28)14-12-18/h3-14,17,26,29H,15-16H2,1-2H3/t26-/m1/s1. The molecule has 4 aromatic rings. The van der Waals surface area contributed by atoms with Gasteiger partial charge >= 0.3 is 0 Å². The molecule has 1 aromatic heterocycles. The number of para-hydroxylation sites is 1. The van der Waals surface area contributed by atoms with Gasteiger partial charge in [-0.3, -0.25) is 4.79 Å². The molecule has 0 bridgehead atoms. The Balaban J connectivity index is 1.75. The summed E-state index contributed by atoms with van der Waals surface area (Å²) in [6.45, 7) is 5.14. The van der Waals surface area contributed by atoms with Gasteiger partial charge in [0.05, 0.1) is 11.7 Å². The molecule has 1 amide bonds. The van der Waals surface area contributed by atoms with E-state index in [1.54, 1.807) is 0 Å². The fourth-order valence-corrected chi connectivity index (χ4v) is 4.73. The average molecular weight is 429 g/mol. The van der Waals surface area contributed by atoms with E-state index in [9.17, 15) is 4.79 Å². The van der Waals surface area contributed by atoms with Crippen LogP contribution in [0.3, 0.4) is 0 Å². The van der Waals surface area contributed by atoms with Crippen molar-refractivity contribution in [3.63, 3.8) is 0 Å². The van der Waals surface area contributed by atoms with Crippen LogP contribution in [0.25, 0.3) is 22.2 Å². The van der Waals surface area contributed by atoms with Gasteiger partial charge in [0.25, 0.3) is 5.91 Å². The van der Waals surface area contributed by atoms with Gasteiger partial charge in [-0.15, -0.1) is 0 Å². The first-order chi connectivity index (χ1) is 15.0. The number of carbonyl (C=O) groups excluding carboxylic acids is 1. The van der Waals surface area contributed by atoms with Gasteiger partial charge in [0.1, 0.15) is 0 Å². The van der Waals surface area contributed by atoms with E-state index in [1.165, 1.54) is 0 Å². The first-order valence-corrected chi connectivity index (χ1v) is 11.2. The number of rotatable bonds is 5. The average Bonchev–Trinajstić information content (AvgIpc) is 3.28. The van der Waals surface area contributed by atoms with Gasteiger partial charge < -0.3 is 9.88 Å². The molecule has 156 valence electrons. The second-order valence-corrected chi connectivity index (χ2v) is 9.07. The maximum Gasteiger partial charge on any atom is 0.255 e. The highest BCUT2D eigenvalue weighted by Gasteiger charge is 2.39. The minimum absolute atomic E-state index is 0.119. The van der Waals surface area contributed by atoms with Crippen molar-refractivity contribution in [1.29, 1.82) is 0 Å². The fraction of sp³-hybridized carbons (Fsp3) is 0.222. The highest BCUT2D eigenvalue weighted by Crippen LogP contribution is 2.45. The Kier molecular flexibility index (Phi) is 5.07. The Morgan fingerprint density at radius 1 is 0.968 bits per heavy atom. The van der Waals surface area contributed by atoms with Crippen LogP contribution >= 0.6 is 11.6 Å². The summed E-state index contributed by atoms with van der Waals surface area (Å²) in [5.74, 6) is 0.643. The van der Waals surface area contributed by atoms with Gasteiger partial charge in [-0.25, -0.2) is 0 Å². The number of nitrogens with one attached hydrogen (secondary N) is 1. The Bertz CT molecular complexity index is 1260. The van der Waals surface area contributed by atoms with Crippen LogP contribution < -0.4 is 0 Å². The third-order valence-corrected chi connectivity index (χ3v) is 6.41. The highest BCUT2D eigenvalue weighted by molar-refractivity contribution is 6.30. The van der Waals surface area contributed by atoms with Crippen LogP contribution in [0.2, 0.25) is 5.02 Å². The van der Waals surface area contributed by atoms with Crippen molar-refractivity contribution in [3.8, 4) is 11.3 Å². The van der Waals surface area contributed by atoms with E-state index in [4.69, 9.17) is 11.6 Å². The molecule has 0 fully saturated rings. The lowest BCUT2D eigenvalue weighted by Gasteiger charge is -2.27. The van der Waals surface area contributed by atoms with E-state index in [1.807, 2.05) is 48.5 Å². The molecule has 31 heavy (non-hydrogen) atoms. The highest BCUT2D eigenvalue weighted by atomic mass is 35.5. The molecule has 0 unspecified atom stereocenters. The molecule has 4 heteroatoms. The van der Waals surface area contributed by atoms with Crippen LogP contribution in [0.4, 0.5) is 0 Å². The van der Waals surface area contributed by atoms with Crippen molar-refractivity contribution in [1.82, 2.24) is 9.88 Å². The van der Waals surface area contributed by atoms with Crippen LogP contribution in [0.15, 0.2) is 72.8 Å². The molecular weight excluding hydrogens is 404 g/mol. The normalized spacial score (nSPS) is 15.8. The number of nitrogens with zero attached hydrogens (tertiary/aromatic N) is 1. The minimum Gasteiger partial charge on any atom is -0.354 e. The van der Waals surface area contributed by atoms with E-state index in [0.717, 1.165) is 51.8 Å². The number of amides is 1. The van der Waals surface area contributed by atoms with Crippen molar-refractivity contribution in [2.24, 2.45) is 5.92 Å². The van der Waals surface area contributed by atoms with Gasteiger partial charge in [-0.2, -0.15) is 0 Å². The molecule has 1 aliphatic heterocycles. The molecular formula is C27H25ClN2O. The summed E-state index contributed by atoms with van der Waals surface area (Å²) in [4.78, 5) is 19.1. The summed E-state index contributed by atoms with van der Waals surface area (Å²) in [5.41, 5.74) is 6.22. The minimum atomic E-state index is -0.121. The predicted molar refractivity (Wildman–Crippen MR) is 128 cm³/mol. The molecule has 0 spiro atoms. The van der Waals surface area contributed by atoms with Gasteiger partial charge in [0, 0.05) is 33.6 Å². The molecule has 3 aromatic carbocycles. The number of aromatic amines is 1. The second-order valence-electron chi connectivity index (χ2n) is 8.64. The lowest BCUT2D eigenvalue weighted by atomic mass is 9.93. The van der Waals surface area contributed by atoms with Crippen molar-refractivity contribution in [2.75, 3.05) is 6.54 Å². The third-order valence-electron chi connectivity index (χ3n) is 6.16. The molecule has 0 aliphatic carbocycles. The molecule has 1 aliphatic rings. The smallest absolute Gasteiger partial charge is 0.255 e. The van der Waals surface area contributed by atoms with Crippen LogP contribution in [-0.4, -0.2) is 22.3 Å². The molecule has 0 saturated heterocycles. The van der Waals surface area contributed by atoms with E-state index in [0.29, 0.717) is 10.9 Å². The van der Waals surface area contributed by atoms with Crippen LogP contribution in [0, 0.1) is 5.92 Å². The summed E-state index contributed by atoms with van der Waals surface area (Å²) in [6, 6.07) is 24.2.